The molecule has 0 fully saturated rings. The van der Waals surface area contributed by atoms with Gasteiger partial charge in [-0.05, 0) is 38.6 Å². The Labute approximate surface area is 155 Å². The summed E-state index contributed by atoms with van der Waals surface area (Å²) in [6.07, 6.45) is 1.71. The first-order chi connectivity index (χ1) is 12.6. The van der Waals surface area contributed by atoms with Gasteiger partial charge in [0.25, 0.3) is 0 Å². The number of fused-ring (bicyclic) bond motifs is 3. The molecule has 1 atom stereocenters. The number of likely N-dealkylation sites (N-methyl/N-ethyl adjacent to an activating group) is 1. The van der Waals surface area contributed by atoms with Crippen LogP contribution in [0.5, 0.6) is 5.75 Å². The Hall–Kier alpha value is -2.30. The Balaban J connectivity index is 2.01. The lowest BCUT2D eigenvalue weighted by molar-refractivity contribution is 0.108. The maximum Gasteiger partial charge on any atom is 0.129 e. The molecule has 1 aromatic heterocycles. The molecule has 138 valence electrons. The van der Waals surface area contributed by atoms with Crippen molar-refractivity contribution in [2.75, 3.05) is 19.7 Å². The van der Waals surface area contributed by atoms with Gasteiger partial charge in [0.15, 0.2) is 0 Å². The zero-order valence-electron chi connectivity index (χ0n) is 15.8. The highest BCUT2D eigenvalue weighted by Gasteiger charge is 2.14. The Morgan fingerprint density at radius 1 is 1.15 bits per heavy atom. The summed E-state index contributed by atoms with van der Waals surface area (Å²) in [4.78, 5) is 0. The maximum absolute atomic E-state index is 10.1. The second kappa shape index (κ2) is 8.39. The van der Waals surface area contributed by atoms with Crippen LogP contribution in [-0.4, -0.2) is 35.5 Å². The van der Waals surface area contributed by atoms with E-state index in [2.05, 4.69) is 60.1 Å². The second-order valence-corrected chi connectivity index (χ2v) is 6.83. The molecule has 0 saturated carbocycles. The van der Waals surface area contributed by atoms with Gasteiger partial charge in [0, 0.05) is 29.4 Å². The fraction of sp³-hybridized carbons (Fsp3) is 0.364. The van der Waals surface area contributed by atoms with Crippen LogP contribution in [0, 0.1) is 0 Å². The average molecular weight is 352 g/mol. The number of nitrogens with one attached hydrogen (secondary N) is 1. The maximum atomic E-state index is 10.1. The van der Waals surface area contributed by atoms with Crippen molar-refractivity contribution in [3.8, 4) is 5.75 Å². The topological polar surface area (TPSA) is 46.4 Å². The largest absolute Gasteiger partial charge is 0.490 e. The first kappa shape index (κ1) is 18.5. The number of ether oxygens (including phenoxy) is 1. The van der Waals surface area contributed by atoms with Gasteiger partial charge in [0.05, 0.1) is 5.52 Å². The molecular formula is C22H28N2O2. The van der Waals surface area contributed by atoms with Gasteiger partial charge in [-0.25, -0.2) is 0 Å². The molecule has 4 nitrogen and oxygen atoms in total. The lowest BCUT2D eigenvalue weighted by Gasteiger charge is -2.13. The SMILES string of the molecule is CCNCC(O)COc1cccc2c1c1ccccc1n2CC=C(C)C. The third kappa shape index (κ3) is 3.92. The van der Waals surface area contributed by atoms with Crippen molar-refractivity contribution >= 4 is 21.8 Å². The molecular weight excluding hydrogens is 324 g/mol. The molecule has 1 unspecified atom stereocenters. The predicted octanol–water partition coefficient (Wildman–Crippen LogP) is 4.11. The molecule has 0 amide bonds. The third-order valence-electron chi connectivity index (χ3n) is 4.50. The van der Waals surface area contributed by atoms with Crippen LogP contribution in [0.25, 0.3) is 21.8 Å². The number of aromatic nitrogens is 1. The highest BCUT2D eigenvalue weighted by molar-refractivity contribution is 6.11. The van der Waals surface area contributed by atoms with E-state index in [0.717, 1.165) is 29.7 Å². The van der Waals surface area contributed by atoms with Gasteiger partial charge in [-0.1, -0.05) is 42.8 Å². The minimum absolute atomic E-state index is 0.277. The molecule has 0 aliphatic rings. The number of benzene rings is 2. The van der Waals surface area contributed by atoms with Crippen molar-refractivity contribution in [1.82, 2.24) is 9.88 Å². The Kier molecular flexibility index (Phi) is 5.96. The number of hydrogen-bond acceptors (Lipinski definition) is 3. The molecule has 3 aromatic rings. The van der Waals surface area contributed by atoms with Crippen molar-refractivity contribution in [2.45, 2.75) is 33.4 Å². The number of allylic oxidation sites excluding steroid dienone is 2. The van der Waals surface area contributed by atoms with Crippen molar-refractivity contribution in [2.24, 2.45) is 0 Å². The van der Waals surface area contributed by atoms with E-state index in [1.54, 1.807) is 0 Å². The summed E-state index contributed by atoms with van der Waals surface area (Å²) in [6, 6.07) is 14.6. The lowest BCUT2D eigenvalue weighted by atomic mass is 10.1. The van der Waals surface area contributed by atoms with Crippen molar-refractivity contribution < 1.29 is 9.84 Å². The van der Waals surface area contributed by atoms with Crippen LogP contribution in [0.15, 0.2) is 54.1 Å². The quantitative estimate of drug-likeness (QED) is 0.600. The Morgan fingerprint density at radius 3 is 2.69 bits per heavy atom. The summed E-state index contributed by atoms with van der Waals surface area (Å²) in [6.45, 7) is 8.75. The summed E-state index contributed by atoms with van der Waals surface area (Å²) >= 11 is 0. The summed E-state index contributed by atoms with van der Waals surface area (Å²) < 4.78 is 8.33. The van der Waals surface area contributed by atoms with Gasteiger partial charge in [0.2, 0.25) is 0 Å². The minimum Gasteiger partial charge on any atom is -0.490 e. The first-order valence-corrected chi connectivity index (χ1v) is 9.26. The van der Waals surface area contributed by atoms with Crippen LogP contribution in [0.1, 0.15) is 20.8 Å². The van der Waals surface area contributed by atoms with E-state index in [0.29, 0.717) is 6.54 Å². The van der Waals surface area contributed by atoms with E-state index < -0.39 is 6.10 Å². The monoisotopic (exact) mass is 352 g/mol. The van der Waals surface area contributed by atoms with Gasteiger partial charge < -0.3 is 19.7 Å². The van der Waals surface area contributed by atoms with E-state index in [9.17, 15) is 5.11 Å². The van der Waals surface area contributed by atoms with Crippen LogP contribution in [0.3, 0.4) is 0 Å². The third-order valence-corrected chi connectivity index (χ3v) is 4.50. The Morgan fingerprint density at radius 2 is 1.92 bits per heavy atom. The summed E-state index contributed by atoms with van der Waals surface area (Å²) in [5, 5.41) is 15.5. The molecule has 0 spiro atoms. The number of nitrogens with zero attached hydrogens (tertiary/aromatic N) is 1. The zero-order valence-corrected chi connectivity index (χ0v) is 15.8. The first-order valence-electron chi connectivity index (χ1n) is 9.26. The Bertz CT molecular complexity index is 907. The average Bonchev–Trinajstić information content (AvgIpc) is 2.97. The van der Waals surface area contributed by atoms with Crippen molar-refractivity contribution in [3.63, 3.8) is 0 Å². The second-order valence-electron chi connectivity index (χ2n) is 6.83. The fourth-order valence-corrected chi connectivity index (χ4v) is 3.21. The lowest BCUT2D eigenvalue weighted by Crippen LogP contribution is -2.31. The molecule has 0 saturated heterocycles. The fourth-order valence-electron chi connectivity index (χ4n) is 3.21. The van der Waals surface area contributed by atoms with Crippen LogP contribution in [-0.2, 0) is 6.54 Å². The molecule has 26 heavy (non-hydrogen) atoms. The minimum atomic E-state index is -0.524. The van der Waals surface area contributed by atoms with Gasteiger partial charge in [-0.15, -0.1) is 0 Å². The molecule has 0 radical (unpaired) electrons. The van der Waals surface area contributed by atoms with Crippen LogP contribution < -0.4 is 10.1 Å². The molecule has 2 N–H and O–H groups in total. The number of aliphatic hydroxyl groups is 1. The van der Waals surface area contributed by atoms with Crippen LogP contribution in [0.4, 0.5) is 0 Å². The van der Waals surface area contributed by atoms with Gasteiger partial charge in [0.1, 0.15) is 18.5 Å². The van der Waals surface area contributed by atoms with Gasteiger partial charge in [-0.3, -0.25) is 0 Å². The van der Waals surface area contributed by atoms with E-state index in [4.69, 9.17) is 4.74 Å². The highest BCUT2D eigenvalue weighted by atomic mass is 16.5. The highest BCUT2D eigenvalue weighted by Crippen LogP contribution is 2.35. The normalized spacial score (nSPS) is 12.5. The molecule has 0 aliphatic heterocycles. The van der Waals surface area contributed by atoms with E-state index in [1.807, 2.05) is 19.1 Å². The predicted molar refractivity (Wildman–Crippen MR) is 109 cm³/mol. The van der Waals surface area contributed by atoms with E-state index in [-0.39, 0.29) is 6.61 Å². The summed E-state index contributed by atoms with van der Waals surface area (Å²) in [5.41, 5.74) is 3.65. The molecule has 0 bridgehead atoms. The smallest absolute Gasteiger partial charge is 0.129 e. The molecule has 3 rings (SSSR count). The van der Waals surface area contributed by atoms with Crippen molar-refractivity contribution in [1.29, 1.82) is 0 Å². The molecule has 1 heterocycles. The molecule has 2 aromatic carbocycles. The van der Waals surface area contributed by atoms with Crippen LogP contribution >= 0.6 is 0 Å². The standard InChI is InChI=1S/C22H28N2O2/c1-4-23-14-17(25)15-26-21-11-7-10-20-22(21)18-8-5-6-9-19(18)24(20)13-12-16(2)3/h5-12,17,23,25H,4,13-15H2,1-3H3. The number of hydrogen-bond donors (Lipinski definition) is 2. The van der Waals surface area contributed by atoms with E-state index >= 15 is 0 Å². The van der Waals surface area contributed by atoms with E-state index in [1.165, 1.54) is 16.5 Å². The summed E-state index contributed by atoms with van der Waals surface area (Å²) in [5.74, 6) is 0.824. The zero-order chi connectivity index (χ0) is 18.5. The number of rotatable bonds is 8. The number of para-hydroxylation sites is 1. The van der Waals surface area contributed by atoms with Gasteiger partial charge in [-0.2, -0.15) is 0 Å². The van der Waals surface area contributed by atoms with Gasteiger partial charge >= 0.3 is 0 Å². The van der Waals surface area contributed by atoms with Crippen molar-refractivity contribution in [3.05, 3.63) is 54.1 Å². The van der Waals surface area contributed by atoms with Crippen LogP contribution in [0.2, 0.25) is 0 Å². The molecule has 0 aliphatic carbocycles. The molecule has 4 heteroatoms. The summed E-state index contributed by atoms with van der Waals surface area (Å²) in [7, 11) is 0. The number of aliphatic hydroxyl groups excluding tert-OH is 1.